The second-order valence-electron chi connectivity index (χ2n) is 9.63. The normalized spacial score (nSPS) is 15.9. The average molecular weight is 515 g/mol. The highest BCUT2D eigenvalue weighted by Gasteiger charge is 2.24. The molecule has 3 aromatic rings. The molecule has 1 aliphatic heterocycles. The lowest BCUT2D eigenvalue weighted by Crippen LogP contribution is -2.50. The Labute approximate surface area is 210 Å². The fraction of sp³-hybridized carbons (Fsp3) is 0.385. The molecule has 10 heteroatoms. The number of fused-ring (bicyclic) bond motifs is 1. The molecule has 0 radical (unpaired) electrons. The molecule has 8 nitrogen and oxygen atoms in total. The number of aromatic nitrogens is 1. The van der Waals surface area contributed by atoms with Gasteiger partial charge in [0, 0.05) is 43.3 Å². The van der Waals surface area contributed by atoms with Gasteiger partial charge in [-0.25, -0.2) is 22.6 Å². The van der Waals surface area contributed by atoms with Gasteiger partial charge in [-0.2, -0.15) is 0 Å². The molecule has 1 atom stereocenters. The first-order valence-corrected chi connectivity index (χ1v) is 13.5. The number of sulfonamides is 1. The molecule has 0 aliphatic carbocycles. The molecule has 0 bridgehead atoms. The predicted octanol–water partition coefficient (Wildman–Crippen LogP) is 4.43. The van der Waals surface area contributed by atoms with E-state index in [1.165, 1.54) is 24.3 Å². The van der Waals surface area contributed by atoms with E-state index in [1.54, 1.807) is 12.1 Å². The lowest BCUT2D eigenvalue weighted by Gasteiger charge is -2.39. The third kappa shape index (κ3) is 5.76. The Hall–Kier alpha value is -3.24. The Kier molecular flexibility index (Phi) is 7.46. The van der Waals surface area contributed by atoms with Crippen molar-refractivity contribution in [1.29, 1.82) is 0 Å². The van der Waals surface area contributed by atoms with E-state index in [4.69, 9.17) is 4.98 Å². The van der Waals surface area contributed by atoms with E-state index >= 15 is 0 Å². The Morgan fingerprint density at radius 1 is 1.06 bits per heavy atom. The van der Waals surface area contributed by atoms with E-state index in [1.807, 2.05) is 0 Å². The van der Waals surface area contributed by atoms with Crippen molar-refractivity contribution in [3.05, 3.63) is 59.9 Å². The Morgan fingerprint density at radius 3 is 2.33 bits per heavy atom. The summed E-state index contributed by atoms with van der Waals surface area (Å²) in [6.45, 7) is 9.93. The monoisotopic (exact) mass is 514 g/mol. The number of carboxylic acid groups (broad SMARTS) is 1. The molecule has 4 rings (SSSR count). The highest BCUT2D eigenvalue weighted by atomic mass is 32.2. The maximum atomic E-state index is 13.2. The van der Waals surface area contributed by atoms with Crippen molar-refractivity contribution in [2.75, 3.05) is 35.8 Å². The second-order valence-corrected chi connectivity index (χ2v) is 11.3. The summed E-state index contributed by atoms with van der Waals surface area (Å²) >= 11 is 0. The van der Waals surface area contributed by atoms with Crippen LogP contribution in [0.5, 0.6) is 0 Å². The molecular weight excluding hydrogens is 483 g/mol. The molecule has 192 valence electrons. The SMILES string of the molecule is CC(C)C[C@@H](C)N1CCN(c2cc(C(=O)O)c3cc(NS(=O)(=O)c4ccc(F)cc4)ccc3n2)CC1. The molecule has 0 saturated carbocycles. The van der Waals surface area contributed by atoms with Crippen molar-refractivity contribution in [2.45, 2.75) is 38.1 Å². The van der Waals surface area contributed by atoms with Crippen molar-refractivity contribution in [1.82, 2.24) is 9.88 Å². The van der Waals surface area contributed by atoms with Crippen LogP contribution in [0.1, 0.15) is 37.6 Å². The summed E-state index contributed by atoms with van der Waals surface area (Å²) in [6.07, 6.45) is 1.13. The topological polar surface area (TPSA) is 103 Å². The molecule has 2 N–H and O–H groups in total. The van der Waals surface area contributed by atoms with Crippen LogP contribution in [0, 0.1) is 11.7 Å². The molecule has 1 fully saturated rings. The zero-order valence-corrected chi connectivity index (χ0v) is 21.4. The first-order chi connectivity index (χ1) is 17.0. The maximum absolute atomic E-state index is 13.2. The van der Waals surface area contributed by atoms with Crippen LogP contribution >= 0.6 is 0 Å². The van der Waals surface area contributed by atoms with Gasteiger partial charge in [-0.1, -0.05) is 13.8 Å². The maximum Gasteiger partial charge on any atom is 0.336 e. The Morgan fingerprint density at radius 2 is 1.72 bits per heavy atom. The van der Waals surface area contributed by atoms with Crippen LogP contribution in [0.15, 0.2) is 53.4 Å². The average Bonchev–Trinajstić information content (AvgIpc) is 2.83. The zero-order valence-electron chi connectivity index (χ0n) is 20.6. The number of aromatic carboxylic acids is 1. The first kappa shape index (κ1) is 25.8. The molecular formula is C26H31FN4O4S. The predicted molar refractivity (Wildman–Crippen MR) is 139 cm³/mol. The van der Waals surface area contributed by atoms with Crippen LogP contribution in [0.4, 0.5) is 15.9 Å². The van der Waals surface area contributed by atoms with Crippen LogP contribution < -0.4 is 9.62 Å². The van der Waals surface area contributed by atoms with Crippen molar-refractivity contribution < 1.29 is 22.7 Å². The number of anilines is 2. The summed E-state index contributed by atoms with van der Waals surface area (Å²) in [6, 6.07) is 11.1. The van der Waals surface area contributed by atoms with E-state index in [0.717, 1.165) is 44.7 Å². The summed E-state index contributed by atoms with van der Waals surface area (Å²) in [7, 11) is -3.97. The highest BCUT2D eigenvalue weighted by molar-refractivity contribution is 7.92. The number of hydrogen-bond acceptors (Lipinski definition) is 6. The molecule has 0 unspecified atom stereocenters. The Balaban J connectivity index is 1.58. The van der Waals surface area contributed by atoms with Gasteiger partial charge in [0.1, 0.15) is 11.6 Å². The van der Waals surface area contributed by atoms with E-state index in [-0.39, 0.29) is 16.1 Å². The highest BCUT2D eigenvalue weighted by Crippen LogP contribution is 2.28. The summed E-state index contributed by atoms with van der Waals surface area (Å²) in [5, 5.41) is 10.2. The van der Waals surface area contributed by atoms with Gasteiger partial charge in [0.2, 0.25) is 0 Å². The minimum atomic E-state index is -3.97. The molecule has 0 amide bonds. The standard InChI is InChI=1S/C26H31FN4O4S/c1-17(2)14-18(3)30-10-12-31(13-11-30)25-16-23(26(32)33)22-15-20(6-9-24(22)28-25)29-36(34,35)21-7-4-19(27)5-8-21/h4-9,15-18,29H,10-14H2,1-3H3,(H,32,33)/t18-/m1/s1. The van der Waals surface area contributed by atoms with Gasteiger partial charge < -0.3 is 10.0 Å². The van der Waals surface area contributed by atoms with Crippen LogP contribution in [-0.4, -0.2) is 61.6 Å². The molecule has 2 heterocycles. The number of pyridine rings is 1. The van der Waals surface area contributed by atoms with E-state index < -0.39 is 21.8 Å². The number of halogens is 1. The number of piperazine rings is 1. The van der Waals surface area contributed by atoms with Crippen LogP contribution in [-0.2, 0) is 10.0 Å². The van der Waals surface area contributed by atoms with Crippen molar-refractivity contribution in [3.8, 4) is 0 Å². The summed E-state index contributed by atoms with van der Waals surface area (Å²) in [5.74, 6) is -0.440. The number of rotatable bonds is 8. The van der Waals surface area contributed by atoms with Gasteiger partial charge in [-0.3, -0.25) is 9.62 Å². The summed E-state index contributed by atoms with van der Waals surface area (Å²) in [5.41, 5.74) is 0.704. The van der Waals surface area contributed by atoms with E-state index in [2.05, 4.69) is 35.3 Å². The number of carbonyl (C=O) groups is 1. The fourth-order valence-corrected chi connectivity index (χ4v) is 5.71. The van der Waals surface area contributed by atoms with Crippen LogP contribution in [0.25, 0.3) is 10.9 Å². The molecule has 2 aromatic carbocycles. The number of benzene rings is 2. The van der Waals surface area contributed by atoms with E-state index in [9.17, 15) is 22.7 Å². The molecule has 1 aromatic heterocycles. The zero-order chi connectivity index (χ0) is 26.0. The first-order valence-electron chi connectivity index (χ1n) is 12.0. The lowest BCUT2D eigenvalue weighted by molar-refractivity contribution is 0.0699. The largest absolute Gasteiger partial charge is 0.478 e. The molecule has 36 heavy (non-hydrogen) atoms. The summed E-state index contributed by atoms with van der Waals surface area (Å²) < 4.78 is 41.0. The van der Waals surface area contributed by atoms with E-state index in [0.29, 0.717) is 28.7 Å². The summed E-state index contributed by atoms with van der Waals surface area (Å²) in [4.78, 5) is 21.3. The lowest BCUT2D eigenvalue weighted by atomic mass is 10.0. The third-order valence-electron chi connectivity index (χ3n) is 6.48. The number of carboxylic acids is 1. The van der Waals surface area contributed by atoms with Crippen LogP contribution in [0.3, 0.4) is 0 Å². The van der Waals surface area contributed by atoms with Gasteiger partial charge >= 0.3 is 5.97 Å². The number of hydrogen-bond donors (Lipinski definition) is 2. The van der Waals surface area contributed by atoms with Gasteiger partial charge in [-0.15, -0.1) is 0 Å². The Bertz CT molecular complexity index is 1350. The van der Waals surface area contributed by atoms with Gasteiger partial charge in [0.05, 0.1) is 16.0 Å². The fourth-order valence-electron chi connectivity index (χ4n) is 4.67. The smallest absolute Gasteiger partial charge is 0.336 e. The quantitative estimate of drug-likeness (QED) is 0.458. The second kappa shape index (κ2) is 10.4. The van der Waals surface area contributed by atoms with Crippen molar-refractivity contribution in [3.63, 3.8) is 0 Å². The minimum Gasteiger partial charge on any atom is -0.478 e. The molecule has 1 saturated heterocycles. The van der Waals surface area contributed by atoms with Gasteiger partial charge in [-0.05, 0) is 67.8 Å². The molecule has 1 aliphatic rings. The molecule has 0 spiro atoms. The van der Waals surface area contributed by atoms with Gasteiger partial charge in [0.15, 0.2) is 0 Å². The third-order valence-corrected chi connectivity index (χ3v) is 7.87. The van der Waals surface area contributed by atoms with Gasteiger partial charge in [0.25, 0.3) is 10.0 Å². The van der Waals surface area contributed by atoms with Crippen LogP contribution in [0.2, 0.25) is 0 Å². The number of nitrogens with zero attached hydrogens (tertiary/aromatic N) is 3. The number of nitrogens with one attached hydrogen (secondary N) is 1. The minimum absolute atomic E-state index is 0.0495. The van der Waals surface area contributed by atoms with Crippen molar-refractivity contribution >= 4 is 38.4 Å². The van der Waals surface area contributed by atoms with Crippen molar-refractivity contribution in [2.24, 2.45) is 5.92 Å².